The van der Waals surface area contributed by atoms with Crippen LogP contribution in [-0.4, -0.2) is 31.6 Å². The lowest BCUT2D eigenvalue weighted by Gasteiger charge is -2.30. The average molecular weight is 486 g/mol. The molecular weight excluding hydrogens is 462 g/mol. The van der Waals surface area contributed by atoms with Gasteiger partial charge in [0, 0.05) is 38.1 Å². The molecule has 2 aromatic heterocycles. The number of nitrogens with one attached hydrogen (secondary N) is 2. The van der Waals surface area contributed by atoms with Crippen LogP contribution >= 0.6 is 24.0 Å². The minimum Gasteiger partial charge on any atom is -0.358 e. The highest BCUT2D eigenvalue weighted by molar-refractivity contribution is 7.99. The Hall–Kier alpha value is -3.56. The monoisotopic (exact) mass is 485 g/mol. The van der Waals surface area contributed by atoms with Crippen molar-refractivity contribution in [3.8, 4) is 0 Å². The number of hydrogen-bond acceptors (Lipinski definition) is 7. The highest BCUT2D eigenvalue weighted by Crippen LogP contribution is 2.29. The molecule has 0 fully saturated rings. The van der Waals surface area contributed by atoms with Gasteiger partial charge < -0.3 is 15.5 Å². The van der Waals surface area contributed by atoms with Crippen LogP contribution in [0.3, 0.4) is 0 Å². The van der Waals surface area contributed by atoms with Crippen molar-refractivity contribution < 1.29 is 0 Å². The van der Waals surface area contributed by atoms with Crippen LogP contribution in [0, 0.1) is 0 Å². The molecule has 2 aromatic carbocycles. The lowest BCUT2D eigenvalue weighted by atomic mass is 10.00. The number of aromatic nitrogens is 4. The summed E-state index contributed by atoms with van der Waals surface area (Å²) >= 11 is 6.91. The van der Waals surface area contributed by atoms with E-state index in [9.17, 15) is 0 Å². The van der Waals surface area contributed by atoms with Crippen molar-refractivity contribution in [3.05, 3.63) is 95.8 Å². The van der Waals surface area contributed by atoms with Crippen LogP contribution in [0.1, 0.15) is 16.7 Å². The Morgan fingerprint density at radius 1 is 0.941 bits per heavy atom. The molecule has 0 saturated carbocycles. The standard InChI is InChI=1S/C25H23N7S2/c33-24(28-16-18-7-2-1-3-8-18)31-23-29-21(15-22(30-23)34-25-26-12-6-13-27-25)32-14-11-19-9-4-5-10-20(19)17-32/h1-10,12-13,15H,11,14,16-17H2,(H2,28,29,30,31,33). The number of anilines is 2. The van der Waals surface area contributed by atoms with Crippen molar-refractivity contribution in [2.75, 3.05) is 16.8 Å². The Morgan fingerprint density at radius 3 is 2.53 bits per heavy atom. The molecule has 9 heteroatoms. The minimum absolute atomic E-state index is 0.445. The second-order valence-electron chi connectivity index (χ2n) is 7.75. The zero-order valence-electron chi connectivity index (χ0n) is 18.4. The molecule has 1 aliphatic rings. The van der Waals surface area contributed by atoms with Crippen molar-refractivity contribution in [1.29, 1.82) is 0 Å². The molecule has 34 heavy (non-hydrogen) atoms. The van der Waals surface area contributed by atoms with E-state index < -0.39 is 0 Å². The summed E-state index contributed by atoms with van der Waals surface area (Å²) in [6.07, 6.45) is 4.42. The summed E-state index contributed by atoms with van der Waals surface area (Å²) in [5, 5.41) is 8.23. The van der Waals surface area contributed by atoms with E-state index in [0.717, 1.165) is 35.9 Å². The van der Waals surface area contributed by atoms with Crippen LogP contribution in [0.15, 0.2) is 89.3 Å². The average Bonchev–Trinajstić information content (AvgIpc) is 2.88. The summed E-state index contributed by atoms with van der Waals surface area (Å²) in [4.78, 5) is 20.4. The third-order valence-electron chi connectivity index (χ3n) is 5.40. The molecule has 1 aliphatic heterocycles. The number of nitrogens with zero attached hydrogens (tertiary/aromatic N) is 5. The van der Waals surface area contributed by atoms with Gasteiger partial charge in [-0.25, -0.2) is 15.0 Å². The van der Waals surface area contributed by atoms with E-state index in [0.29, 0.717) is 22.8 Å². The third-order valence-corrected chi connectivity index (χ3v) is 6.46. The summed E-state index contributed by atoms with van der Waals surface area (Å²) in [6, 6.07) is 22.4. The largest absolute Gasteiger partial charge is 0.358 e. The fraction of sp³-hybridized carbons (Fsp3) is 0.160. The normalized spacial score (nSPS) is 12.6. The zero-order valence-corrected chi connectivity index (χ0v) is 20.0. The van der Waals surface area contributed by atoms with Gasteiger partial charge in [-0.1, -0.05) is 54.6 Å². The summed E-state index contributed by atoms with van der Waals surface area (Å²) in [5.74, 6) is 1.29. The second kappa shape index (κ2) is 10.6. The quantitative estimate of drug-likeness (QED) is 0.234. The van der Waals surface area contributed by atoms with E-state index in [1.807, 2.05) is 24.3 Å². The number of hydrogen-bond donors (Lipinski definition) is 2. The second-order valence-corrected chi connectivity index (χ2v) is 9.15. The van der Waals surface area contributed by atoms with E-state index in [-0.39, 0.29) is 0 Å². The van der Waals surface area contributed by atoms with Crippen LogP contribution in [0.2, 0.25) is 0 Å². The summed E-state index contributed by atoms with van der Waals surface area (Å²) in [6.45, 7) is 2.31. The van der Waals surface area contributed by atoms with Crippen molar-refractivity contribution >= 4 is 40.9 Å². The Kier molecular flexibility index (Phi) is 6.92. The lowest BCUT2D eigenvalue weighted by molar-refractivity contribution is 0.717. The van der Waals surface area contributed by atoms with Crippen molar-refractivity contribution in [1.82, 2.24) is 25.3 Å². The van der Waals surface area contributed by atoms with Crippen LogP contribution < -0.4 is 15.5 Å². The van der Waals surface area contributed by atoms with Gasteiger partial charge in [0.1, 0.15) is 10.8 Å². The molecule has 0 radical (unpaired) electrons. The summed E-state index contributed by atoms with van der Waals surface area (Å²) in [5.41, 5.74) is 3.86. The van der Waals surface area contributed by atoms with Crippen molar-refractivity contribution in [2.45, 2.75) is 29.7 Å². The van der Waals surface area contributed by atoms with Gasteiger partial charge in [-0.05, 0) is 53.2 Å². The van der Waals surface area contributed by atoms with E-state index in [1.165, 1.54) is 22.9 Å². The molecule has 0 spiro atoms. The smallest absolute Gasteiger partial charge is 0.232 e. The Labute approximate surface area is 208 Å². The Morgan fingerprint density at radius 2 is 1.71 bits per heavy atom. The fourth-order valence-corrected chi connectivity index (χ4v) is 4.60. The van der Waals surface area contributed by atoms with Gasteiger partial charge in [0.2, 0.25) is 5.95 Å². The highest BCUT2D eigenvalue weighted by Gasteiger charge is 2.19. The maximum atomic E-state index is 5.51. The van der Waals surface area contributed by atoms with Gasteiger partial charge in [0.15, 0.2) is 10.3 Å². The molecular formula is C25H23N7S2. The predicted octanol–water partition coefficient (Wildman–Crippen LogP) is 4.47. The van der Waals surface area contributed by atoms with Gasteiger partial charge in [0.05, 0.1) is 0 Å². The Balaban J connectivity index is 1.36. The zero-order chi connectivity index (χ0) is 23.2. The van der Waals surface area contributed by atoms with Crippen LogP contribution in [-0.2, 0) is 19.5 Å². The third kappa shape index (κ3) is 5.67. The van der Waals surface area contributed by atoms with Gasteiger partial charge in [-0.2, -0.15) is 4.98 Å². The first kappa shape index (κ1) is 22.2. The topological polar surface area (TPSA) is 78.9 Å². The van der Waals surface area contributed by atoms with Crippen molar-refractivity contribution in [3.63, 3.8) is 0 Å². The minimum atomic E-state index is 0.445. The van der Waals surface area contributed by atoms with Crippen molar-refractivity contribution in [2.24, 2.45) is 0 Å². The molecule has 0 aliphatic carbocycles. The molecule has 0 unspecified atom stereocenters. The summed E-state index contributed by atoms with van der Waals surface area (Å²) < 4.78 is 0. The van der Waals surface area contributed by atoms with Crippen LogP contribution in [0.5, 0.6) is 0 Å². The SMILES string of the molecule is S=C(NCc1ccccc1)Nc1nc(Sc2ncccn2)cc(N2CCc3ccccc3C2)n1. The number of thiocarbonyl (C=S) groups is 1. The molecule has 3 heterocycles. The lowest BCUT2D eigenvalue weighted by Crippen LogP contribution is -2.32. The van der Waals surface area contributed by atoms with E-state index in [1.54, 1.807) is 18.5 Å². The number of benzene rings is 2. The number of fused-ring (bicyclic) bond motifs is 1. The highest BCUT2D eigenvalue weighted by atomic mass is 32.2. The first-order chi connectivity index (χ1) is 16.7. The predicted molar refractivity (Wildman–Crippen MR) is 139 cm³/mol. The van der Waals surface area contributed by atoms with Gasteiger partial charge in [-0.15, -0.1) is 0 Å². The molecule has 0 bridgehead atoms. The molecule has 0 amide bonds. The molecule has 2 N–H and O–H groups in total. The summed E-state index contributed by atoms with van der Waals surface area (Å²) in [7, 11) is 0. The van der Waals surface area contributed by atoms with Crippen LogP contribution in [0.25, 0.3) is 0 Å². The van der Waals surface area contributed by atoms with Gasteiger partial charge in [0.25, 0.3) is 0 Å². The van der Waals surface area contributed by atoms with E-state index in [2.05, 4.69) is 66.9 Å². The number of rotatable bonds is 6. The first-order valence-electron chi connectivity index (χ1n) is 11.0. The maximum Gasteiger partial charge on any atom is 0.232 e. The first-order valence-corrected chi connectivity index (χ1v) is 12.2. The van der Waals surface area contributed by atoms with Gasteiger partial charge in [-0.3, -0.25) is 0 Å². The molecule has 7 nitrogen and oxygen atoms in total. The molecule has 0 saturated heterocycles. The molecule has 0 atom stereocenters. The molecule has 4 aromatic rings. The molecule has 170 valence electrons. The maximum absolute atomic E-state index is 5.51. The van der Waals surface area contributed by atoms with Gasteiger partial charge >= 0.3 is 0 Å². The molecule has 5 rings (SSSR count). The Bertz CT molecular complexity index is 1270. The van der Waals surface area contributed by atoms with E-state index >= 15 is 0 Å². The van der Waals surface area contributed by atoms with E-state index in [4.69, 9.17) is 17.2 Å². The fourth-order valence-electron chi connectivity index (χ4n) is 3.73. The van der Waals surface area contributed by atoms with Crippen LogP contribution in [0.4, 0.5) is 11.8 Å².